The molecule has 0 bridgehead atoms. The Morgan fingerprint density at radius 2 is 1.18 bits per heavy atom. The minimum Gasteiger partial charge on any atom is -0.0610 e. The summed E-state index contributed by atoms with van der Waals surface area (Å²) in [6, 6.07) is 22.5. The molecule has 0 radical (unpaired) electrons. The smallest absolute Gasteiger partial charge is 0.00202 e. The van der Waals surface area contributed by atoms with Gasteiger partial charge in [-0.25, -0.2) is 0 Å². The van der Waals surface area contributed by atoms with E-state index >= 15 is 0 Å². The highest BCUT2D eigenvalue weighted by Gasteiger charge is 2.12. The maximum atomic E-state index is 2.34. The first-order valence-electron chi connectivity index (χ1n) is 7.80. The van der Waals surface area contributed by atoms with Crippen LogP contribution in [0.4, 0.5) is 0 Å². The van der Waals surface area contributed by atoms with Crippen LogP contribution in [-0.2, 0) is 0 Å². The zero-order valence-electron chi connectivity index (χ0n) is 12.8. The average Bonchev–Trinajstić information content (AvgIpc) is 2.55. The van der Waals surface area contributed by atoms with E-state index in [-0.39, 0.29) is 0 Å². The van der Waals surface area contributed by atoms with E-state index in [0.717, 1.165) is 0 Å². The van der Waals surface area contributed by atoms with E-state index in [9.17, 15) is 0 Å². The van der Waals surface area contributed by atoms with Gasteiger partial charge in [0, 0.05) is 0 Å². The Balaban J connectivity index is 2.20. The molecule has 0 aliphatic carbocycles. The van der Waals surface area contributed by atoms with E-state index in [1.165, 1.54) is 54.2 Å². The summed E-state index contributed by atoms with van der Waals surface area (Å²) in [5, 5.41) is 11.0. The molecule has 0 aliphatic rings. The Bertz CT molecular complexity index is 1160. The van der Waals surface area contributed by atoms with Crippen LogP contribution < -0.4 is 0 Å². The van der Waals surface area contributed by atoms with Crippen molar-refractivity contribution < 1.29 is 0 Å². The molecule has 0 saturated heterocycles. The van der Waals surface area contributed by atoms with Crippen LogP contribution >= 0.6 is 0 Å². The Hall–Kier alpha value is -2.60. The van der Waals surface area contributed by atoms with Crippen LogP contribution in [0.2, 0.25) is 0 Å². The van der Waals surface area contributed by atoms with Crippen LogP contribution in [0, 0.1) is 13.8 Å². The molecule has 0 N–H and O–H groups in total. The predicted molar refractivity (Wildman–Crippen MR) is 97.1 cm³/mol. The first-order valence-corrected chi connectivity index (χ1v) is 7.80. The van der Waals surface area contributed by atoms with E-state index in [4.69, 9.17) is 0 Å². The summed E-state index contributed by atoms with van der Waals surface area (Å²) in [5.41, 5.74) is 2.76. The number of hydrogen-bond donors (Lipinski definition) is 0. The lowest BCUT2D eigenvalue weighted by Gasteiger charge is -2.15. The highest BCUT2D eigenvalue weighted by molar-refractivity contribution is 6.29. The van der Waals surface area contributed by atoms with E-state index in [2.05, 4.69) is 74.5 Å². The zero-order valence-corrected chi connectivity index (χ0v) is 12.8. The van der Waals surface area contributed by atoms with Crippen LogP contribution in [0.25, 0.3) is 43.1 Å². The lowest BCUT2D eigenvalue weighted by atomic mass is 9.89. The highest BCUT2D eigenvalue weighted by atomic mass is 14.2. The van der Waals surface area contributed by atoms with Crippen molar-refractivity contribution in [2.45, 2.75) is 13.8 Å². The standard InChI is InChI=1S/C22H16/c1-13-6-7-17-12-18-9-8-15-4-3-5-16-10-11-19(20(17)14(13)2)22(18)21(15)16/h3-12H,1-2H3. The van der Waals surface area contributed by atoms with E-state index < -0.39 is 0 Å². The molecule has 0 spiro atoms. The molecule has 0 fully saturated rings. The second kappa shape index (κ2) is 3.98. The van der Waals surface area contributed by atoms with Crippen LogP contribution in [0.1, 0.15) is 11.1 Å². The molecule has 0 aromatic heterocycles. The SMILES string of the molecule is Cc1ccc2cc3ccc4cccc5ccc(c2c1C)c3c45. The van der Waals surface area contributed by atoms with E-state index in [0.29, 0.717) is 0 Å². The monoisotopic (exact) mass is 280 g/mol. The number of aryl methyl sites for hydroxylation is 2. The zero-order chi connectivity index (χ0) is 14.8. The molecule has 0 amide bonds. The highest BCUT2D eigenvalue weighted by Crippen LogP contribution is 2.39. The average molecular weight is 280 g/mol. The van der Waals surface area contributed by atoms with E-state index in [1.807, 2.05) is 0 Å². The Kier molecular flexibility index (Phi) is 2.17. The fourth-order valence-electron chi connectivity index (χ4n) is 3.92. The van der Waals surface area contributed by atoms with E-state index in [1.54, 1.807) is 0 Å². The molecule has 0 heteroatoms. The van der Waals surface area contributed by atoms with Crippen LogP contribution in [0.15, 0.2) is 60.7 Å². The molecule has 0 aliphatic heterocycles. The van der Waals surface area contributed by atoms with Gasteiger partial charge in [0.2, 0.25) is 0 Å². The van der Waals surface area contributed by atoms with Crippen molar-refractivity contribution in [2.75, 3.05) is 0 Å². The fraction of sp³-hybridized carbons (Fsp3) is 0.0909. The Morgan fingerprint density at radius 1 is 0.545 bits per heavy atom. The molecular formula is C22H16. The number of rotatable bonds is 0. The molecule has 5 aromatic rings. The summed E-state index contributed by atoms with van der Waals surface area (Å²) in [7, 11) is 0. The summed E-state index contributed by atoms with van der Waals surface area (Å²) in [5.74, 6) is 0. The van der Waals surface area contributed by atoms with Crippen molar-refractivity contribution >= 4 is 43.1 Å². The first kappa shape index (κ1) is 12.0. The molecule has 0 saturated carbocycles. The third kappa shape index (κ3) is 1.37. The third-order valence-electron chi connectivity index (χ3n) is 5.16. The van der Waals surface area contributed by atoms with Gasteiger partial charge in [-0.15, -0.1) is 0 Å². The van der Waals surface area contributed by atoms with Gasteiger partial charge in [-0.05, 0) is 74.1 Å². The van der Waals surface area contributed by atoms with Crippen molar-refractivity contribution in [2.24, 2.45) is 0 Å². The van der Waals surface area contributed by atoms with Gasteiger partial charge in [-0.1, -0.05) is 54.6 Å². The summed E-state index contributed by atoms with van der Waals surface area (Å²) in [4.78, 5) is 0. The minimum absolute atomic E-state index is 1.33. The lowest BCUT2D eigenvalue weighted by molar-refractivity contribution is 1.39. The quantitative estimate of drug-likeness (QED) is 0.229. The van der Waals surface area contributed by atoms with Gasteiger partial charge in [0.1, 0.15) is 0 Å². The molecule has 0 heterocycles. The number of benzene rings is 5. The van der Waals surface area contributed by atoms with Crippen LogP contribution in [0.5, 0.6) is 0 Å². The second-order valence-corrected chi connectivity index (χ2v) is 6.34. The number of fused-ring (bicyclic) bond motifs is 2. The summed E-state index contributed by atoms with van der Waals surface area (Å²) in [6.45, 7) is 4.45. The van der Waals surface area contributed by atoms with Crippen molar-refractivity contribution in [3.05, 3.63) is 71.8 Å². The molecular weight excluding hydrogens is 264 g/mol. The normalized spacial score (nSPS) is 12.1. The van der Waals surface area contributed by atoms with Crippen molar-refractivity contribution in [1.29, 1.82) is 0 Å². The molecule has 104 valence electrons. The van der Waals surface area contributed by atoms with Gasteiger partial charge in [0.05, 0.1) is 0 Å². The molecule has 0 unspecified atom stereocenters. The fourth-order valence-corrected chi connectivity index (χ4v) is 3.92. The lowest BCUT2D eigenvalue weighted by Crippen LogP contribution is -1.89. The van der Waals surface area contributed by atoms with Gasteiger partial charge >= 0.3 is 0 Å². The van der Waals surface area contributed by atoms with Crippen LogP contribution in [-0.4, -0.2) is 0 Å². The summed E-state index contributed by atoms with van der Waals surface area (Å²) < 4.78 is 0. The molecule has 5 rings (SSSR count). The molecule has 0 nitrogen and oxygen atoms in total. The maximum Gasteiger partial charge on any atom is -0.00202 e. The third-order valence-corrected chi connectivity index (χ3v) is 5.16. The van der Waals surface area contributed by atoms with Crippen molar-refractivity contribution in [3.8, 4) is 0 Å². The first-order chi connectivity index (χ1) is 10.7. The Morgan fingerprint density at radius 3 is 2.00 bits per heavy atom. The van der Waals surface area contributed by atoms with Crippen molar-refractivity contribution in [3.63, 3.8) is 0 Å². The molecule has 22 heavy (non-hydrogen) atoms. The summed E-state index contributed by atoms with van der Waals surface area (Å²) >= 11 is 0. The molecule has 0 atom stereocenters. The largest absolute Gasteiger partial charge is 0.0610 e. The minimum atomic E-state index is 1.33. The number of hydrogen-bond acceptors (Lipinski definition) is 0. The predicted octanol–water partition coefficient (Wildman–Crippen LogP) is 6.35. The Labute approximate surface area is 129 Å². The van der Waals surface area contributed by atoms with Crippen LogP contribution in [0.3, 0.4) is 0 Å². The van der Waals surface area contributed by atoms with Gasteiger partial charge in [-0.3, -0.25) is 0 Å². The van der Waals surface area contributed by atoms with Crippen molar-refractivity contribution in [1.82, 2.24) is 0 Å². The topological polar surface area (TPSA) is 0 Å². The molecule has 5 aromatic carbocycles. The summed E-state index contributed by atoms with van der Waals surface area (Å²) in [6.07, 6.45) is 0. The van der Waals surface area contributed by atoms with Gasteiger partial charge < -0.3 is 0 Å². The van der Waals surface area contributed by atoms with Gasteiger partial charge in [0.25, 0.3) is 0 Å². The van der Waals surface area contributed by atoms with Gasteiger partial charge in [-0.2, -0.15) is 0 Å². The maximum absolute atomic E-state index is 2.34. The van der Waals surface area contributed by atoms with Gasteiger partial charge in [0.15, 0.2) is 0 Å². The second-order valence-electron chi connectivity index (χ2n) is 6.34.